The van der Waals surface area contributed by atoms with Crippen molar-refractivity contribution < 1.29 is 18.7 Å². The maximum atomic E-state index is 12.2. The third-order valence-electron chi connectivity index (χ3n) is 4.64. The Morgan fingerprint density at radius 1 is 1.03 bits per heavy atom. The Hall–Kier alpha value is -3.05. The van der Waals surface area contributed by atoms with Crippen molar-refractivity contribution in [2.45, 2.75) is 18.4 Å². The molecule has 0 unspecified atom stereocenters. The Morgan fingerprint density at radius 3 is 2.62 bits per heavy atom. The number of rotatable bonds is 11. The quantitative estimate of drug-likeness (QED) is 0.115. The molecule has 0 atom stereocenters. The molecular weight excluding hydrogens is 603 g/mol. The number of halogens is 3. The van der Waals surface area contributed by atoms with Gasteiger partial charge < -0.3 is 13.9 Å². The number of hydrogen-bond donors (Lipinski definition) is 1. The molecule has 0 fully saturated rings. The van der Waals surface area contributed by atoms with E-state index in [1.807, 2.05) is 48.5 Å². The zero-order valence-corrected chi connectivity index (χ0v) is 23.0. The number of amides is 1. The number of hydrazone groups is 1. The van der Waals surface area contributed by atoms with Crippen LogP contribution in [0.5, 0.6) is 11.5 Å². The first-order valence-electron chi connectivity index (χ1n) is 10.8. The summed E-state index contributed by atoms with van der Waals surface area (Å²) in [5, 5.41) is 12.9. The molecule has 0 aliphatic carbocycles. The number of para-hydroxylation sites is 1. The zero-order valence-electron chi connectivity index (χ0n) is 19.1. The molecule has 0 saturated heterocycles. The minimum Gasteiger partial charge on any atom is -0.488 e. The fourth-order valence-corrected chi connectivity index (χ4v) is 4.18. The summed E-state index contributed by atoms with van der Waals surface area (Å²) in [6.45, 7) is 0.430. The van der Waals surface area contributed by atoms with Gasteiger partial charge in [0, 0.05) is 15.1 Å². The molecule has 0 radical (unpaired) electrons. The number of hydrogen-bond acceptors (Lipinski definition) is 8. The first kappa shape index (κ1) is 27.0. The molecule has 8 nitrogen and oxygen atoms in total. The predicted molar refractivity (Wildman–Crippen MR) is 146 cm³/mol. The monoisotopic (exact) mass is 620 g/mol. The smallest absolute Gasteiger partial charge is 0.277 e. The van der Waals surface area contributed by atoms with Gasteiger partial charge in [-0.15, -0.1) is 10.2 Å². The van der Waals surface area contributed by atoms with Crippen molar-refractivity contribution in [2.75, 3.05) is 5.75 Å². The third-order valence-corrected chi connectivity index (χ3v) is 6.52. The minimum atomic E-state index is -0.335. The van der Waals surface area contributed by atoms with Crippen LogP contribution in [0.25, 0.3) is 0 Å². The van der Waals surface area contributed by atoms with Gasteiger partial charge in [0.2, 0.25) is 0 Å². The van der Waals surface area contributed by atoms with Crippen molar-refractivity contribution in [3.05, 3.63) is 98.3 Å². The van der Waals surface area contributed by atoms with E-state index in [2.05, 4.69) is 36.7 Å². The average Bonchev–Trinajstić information content (AvgIpc) is 3.35. The molecule has 1 N–H and O–H groups in total. The largest absolute Gasteiger partial charge is 0.488 e. The molecule has 1 aromatic heterocycles. The summed E-state index contributed by atoms with van der Waals surface area (Å²) in [5.74, 6) is 1.03. The van der Waals surface area contributed by atoms with Crippen LogP contribution in [0.1, 0.15) is 17.0 Å². The topological polar surface area (TPSA) is 98.8 Å². The summed E-state index contributed by atoms with van der Waals surface area (Å²) >= 11 is 16.4. The van der Waals surface area contributed by atoms with Crippen LogP contribution < -0.4 is 14.9 Å². The molecule has 0 aliphatic rings. The lowest BCUT2D eigenvalue weighted by atomic mass is 10.2. The predicted octanol–water partition coefficient (Wildman–Crippen LogP) is 6.54. The van der Waals surface area contributed by atoms with Gasteiger partial charge in [0.15, 0.2) is 6.61 Å². The van der Waals surface area contributed by atoms with Crippen LogP contribution in [0.15, 0.2) is 85.9 Å². The van der Waals surface area contributed by atoms with E-state index in [1.165, 1.54) is 6.21 Å². The second-order valence-electron chi connectivity index (χ2n) is 7.36. The van der Waals surface area contributed by atoms with Crippen molar-refractivity contribution in [3.8, 4) is 11.5 Å². The second kappa shape index (κ2) is 13.5. The number of carbonyl (C=O) groups excluding carboxylic acids is 1. The Labute approximate surface area is 235 Å². The standard InChI is InChI=1S/C25H19BrCl2N4O4S/c26-18-7-5-16(6-8-18)13-34-21-4-2-1-3-17(21)12-29-30-23(33)15-37-25-32-31-24(36-25)14-35-22-10-9-19(27)11-20(22)28/h1-12H,13-15H2,(H,30,33)/b29-12-. The van der Waals surface area contributed by atoms with Gasteiger partial charge in [-0.25, -0.2) is 5.43 Å². The molecule has 0 saturated carbocycles. The van der Waals surface area contributed by atoms with Crippen LogP contribution in [-0.2, 0) is 18.0 Å². The Bertz CT molecular complexity index is 1390. The summed E-state index contributed by atoms with van der Waals surface area (Å²) in [6.07, 6.45) is 1.53. The van der Waals surface area contributed by atoms with Gasteiger partial charge in [-0.05, 0) is 48.0 Å². The number of thioether (sulfide) groups is 1. The highest BCUT2D eigenvalue weighted by Gasteiger charge is 2.11. The summed E-state index contributed by atoms with van der Waals surface area (Å²) in [5.41, 5.74) is 4.25. The maximum Gasteiger partial charge on any atom is 0.277 e. The molecule has 1 amide bonds. The fraction of sp³-hybridized carbons (Fsp3) is 0.120. The fourth-order valence-electron chi connectivity index (χ4n) is 2.88. The number of aromatic nitrogens is 2. The van der Waals surface area contributed by atoms with E-state index in [0.717, 1.165) is 27.4 Å². The summed E-state index contributed by atoms with van der Waals surface area (Å²) in [4.78, 5) is 12.2. The molecular formula is C25H19BrCl2N4O4S. The van der Waals surface area contributed by atoms with Crippen LogP contribution in [0.3, 0.4) is 0 Å². The van der Waals surface area contributed by atoms with E-state index in [-0.39, 0.29) is 29.4 Å². The van der Waals surface area contributed by atoms with Crippen LogP contribution in [0.2, 0.25) is 10.0 Å². The molecule has 1 heterocycles. The Morgan fingerprint density at radius 2 is 1.81 bits per heavy atom. The van der Waals surface area contributed by atoms with Gasteiger partial charge in [0.1, 0.15) is 18.1 Å². The van der Waals surface area contributed by atoms with Crippen LogP contribution in [0.4, 0.5) is 0 Å². The Kier molecular flexibility index (Phi) is 9.84. The number of nitrogens with zero attached hydrogens (tertiary/aromatic N) is 3. The molecule has 4 rings (SSSR count). The van der Waals surface area contributed by atoms with Crippen molar-refractivity contribution >= 4 is 63.0 Å². The zero-order chi connectivity index (χ0) is 26.0. The van der Waals surface area contributed by atoms with Crippen molar-refractivity contribution in [3.63, 3.8) is 0 Å². The average molecular weight is 622 g/mol. The van der Waals surface area contributed by atoms with Crippen LogP contribution in [-0.4, -0.2) is 28.1 Å². The van der Waals surface area contributed by atoms with E-state index in [1.54, 1.807) is 18.2 Å². The first-order chi connectivity index (χ1) is 18.0. The molecule has 3 aromatic carbocycles. The molecule has 0 spiro atoms. The SMILES string of the molecule is O=C(CSc1nnc(COc2ccc(Cl)cc2Cl)o1)N/N=C\c1ccccc1OCc1ccc(Br)cc1. The molecule has 0 bridgehead atoms. The number of carbonyl (C=O) groups is 1. The van der Waals surface area contributed by atoms with Gasteiger partial charge in [-0.3, -0.25) is 4.79 Å². The lowest BCUT2D eigenvalue weighted by molar-refractivity contribution is -0.118. The van der Waals surface area contributed by atoms with Gasteiger partial charge >= 0.3 is 0 Å². The van der Waals surface area contributed by atoms with Crippen LogP contribution >= 0.6 is 50.9 Å². The summed E-state index contributed by atoms with van der Waals surface area (Å²) < 4.78 is 18.0. The van der Waals surface area contributed by atoms with E-state index >= 15 is 0 Å². The van der Waals surface area contributed by atoms with Crippen LogP contribution in [0, 0.1) is 0 Å². The normalized spacial score (nSPS) is 11.0. The maximum absolute atomic E-state index is 12.2. The van der Waals surface area contributed by atoms with Gasteiger partial charge in [0.05, 0.1) is 17.0 Å². The highest BCUT2D eigenvalue weighted by atomic mass is 79.9. The number of ether oxygens (including phenoxy) is 2. The lowest BCUT2D eigenvalue weighted by Crippen LogP contribution is -2.19. The van der Waals surface area contributed by atoms with Crippen molar-refractivity contribution in [1.29, 1.82) is 0 Å². The molecule has 37 heavy (non-hydrogen) atoms. The third kappa shape index (κ3) is 8.50. The first-order valence-corrected chi connectivity index (χ1v) is 13.3. The number of benzene rings is 3. The van der Waals surface area contributed by atoms with E-state index < -0.39 is 0 Å². The van der Waals surface area contributed by atoms with Gasteiger partial charge in [-0.2, -0.15) is 5.10 Å². The van der Waals surface area contributed by atoms with Crippen molar-refractivity contribution in [1.82, 2.24) is 15.6 Å². The van der Waals surface area contributed by atoms with Gasteiger partial charge in [0.25, 0.3) is 17.0 Å². The summed E-state index contributed by atoms with van der Waals surface area (Å²) in [7, 11) is 0. The Balaban J connectivity index is 1.22. The lowest BCUT2D eigenvalue weighted by Gasteiger charge is -2.09. The highest BCUT2D eigenvalue weighted by molar-refractivity contribution is 9.10. The van der Waals surface area contributed by atoms with E-state index in [0.29, 0.717) is 28.2 Å². The van der Waals surface area contributed by atoms with Gasteiger partial charge in [-0.1, -0.05) is 75.2 Å². The second-order valence-corrected chi connectivity index (χ2v) is 10.0. The molecule has 190 valence electrons. The highest BCUT2D eigenvalue weighted by Crippen LogP contribution is 2.28. The molecule has 4 aromatic rings. The molecule has 12 heteroatoms. The van der Waals surface area contributed by atoms with Crippen molar-refractivity contribution in [2.24, 2.45) is 5.10 Å². The van der Waals surface area contributed by atoms with E-state index in [4.69, 9.17) is 37.1 Å². The molecule has 0 aliphatic heterocycles. The number of nitrogens with one attached hydrogen (secondary N) is 1. The minimum absolute atomic E-state index is 0.0225. The summed E-state index contributed by atoms with van der Waals surface area (Å²) in [6, 6.07) is 20.2. The van der Waals surface area contributed by atoms with E-state index in [9.17, 15) is 4.79 Å².